The second-order valence-corrected chi connectivity index (χ2v) is 8.15. The van der Waals surface area contributed by atoms with Crippen LogP contribution >= 0.6 is 15.9 Å². The summed E-state index contributed by atoms with van der Waals surface area (Å²) in [7, 11) is 2.43. The third kappa shape index (κ3) is 6.50. The van der Waals surface area contributed by atoms with Gasteiger partial charge >= 0.3 is 18.0 Å². The maximum absolute atomic E-state index is 14.5. The van der Waals surface area contributed by atoms with Crippen molar-refractivity contribution in [1.82, 2.24) is 10.2 Å². The number of hydrogen-bond donors (Lipinski definition) is 1. The van der Waals surface area contributed by atoms with Crippen LogP contribution in [0.2, 0.25) is 0 Å². The van der Waals surface area contributed by atoms with Crippen molar-refractivity contribution in [3.63, 3.8) is 0 Å². The minimum atomic E-state index is -1.38. The second kappa shape index (κ2) is 8.69. The third-order valence-electron chi connectivity index (χ3n) is 3.56. The van der Waals surface area contributed by atoms with Crippen LogP contribution in [0.25, 0.3) is 0 Å². The standard InChI is InChI=1S/C18H24BrFN2O5/c1-17(2,3)27-16(25)21-18(4,10-22(5)14(23)15(24)26-6)12-9-11(19)7-8-13(12)20/h7-9H,10H2,1-6H3,(H,21,25). The lowest BCUT2D eigenvalue weighted by Crippen LogP contribution is -2.54. The molecule has 2 amide bonds. The number of carbonyl (C=O) groups is 3. The quantitative estimate of drug-likeness (QED) is 0.567. The first kappa shape index (κ1) is 22.9. The molecule has 0 saturated heterocycles. The van der Waals surface area contributed by atoms with Gasteiger partial charge in [-0.15, -0.1) is 0 Å². The van der Waals surface area contributed by atoms with Gasteiger partial charge in [-0.3, -0.25) is 4.79 Å². The Hall–Kier alpha value is -2.16. The van der Waals surface area contributed by atoms with Crippen LogP contribution in [0.3, 0.4) is 0 Å². The van der Waals surface area contributed by atoms with E-state index in [1.165, 1.54) is 32.2 Å². The lowest BCUT2D eigenvalue weighted by molar-refractivity contribution is -0.157. The molecule has 1 aromatic rings. The molecule has 1 N–H and O–H groups in total. The lowest BCUT2D eigenvalue weighted by atomic mass is 9.90. The Morgan fingerprint density at radius 2 is 1.81 bits per heavy atom. The minimum Gasteiger partial charge on any atom is -0.462 e. The minimum absolute atomic E-state index is 0.118. The fraction of sp³-hybridized carbons (Fsp3) is 0.500. The Labute approximate surface area is 166 Å². The molecule has 0 aliphatic heterocycles. The Morgan fingerprint density at radius 1 is 1.22 bits per heavy atom. The maximum atomic E-state index is 14.5. The van der Waals surface area contributed by atoms with Crippen LogP contribution in [0.1, 0.15) is 33.3 Å². The van der Waals surface area contributed by atoms with Gasteiger partial charge in [-0.05, 0) is 45.9 Å². The van der Waals surface area contributed by atoms with Crippen molar-refractivity contribution >= 4 is 33.9 Å². The van der Waals surface area contributed by atoms with Gasteiger partial charge in [0.15, 0.2) is 0 Å². The Bertz CT molecular complexity index is 735. The highest BCUT2D eigenvalue weighted by molar-refractivity contribution is 9.10. The van der Waals surface area contributed by atoms with Crippen molar-refractivity contribution in [2.24, 2.45) is 0 Å². The lowest BCUT2D eigenvalue weighted by Gasteiger charge is -2.35. The Kier molecular flexibility index (Phi) is 7.36. The van der Waals surface area contributed by atoms with E-state index in [0.29, 0.717) is 4.47 Å². The zero-order valence-electron chi connectivity index (χ0n) is 16.2. The molecule has 0 aromatic heterocycles. The summed E-state index contributed by atoms with van der Waals surface area (Å²) < 4.78 is 24.8. The molecule has 1 unspecified atom stereocenters. The fourth-order valence-electron chi connectivity index (χ4n) is 2.43. The molecule has 0 radical (unpaired) electrons. The van der Waals surface area contributed by atoms with Crippen molar-refractivity contribution in [2.45, 2.75) is 38.8 Å². The third-order valence-corrected chi connectivity index (χ3v) is 4.05. The number of nitrogens with zero attached hydrogens (tertiary/aromatic N) is 1. The highest BCUT2D eigenvalue weighted by atomic mass is 79.9. The van der Waals surface area contributed by atoms with Crippen LogP contribution in [-0.4, -0.2) is 49.2 Å². The van der Waals surface area contributed by atoms with E-state index in [2.05, 4.69) is 26.0 Å². The largest absolute Gasteiger partial charge is 0.462 e. The smallest absolute Gasteiger partial charge is 0.408 e. The number of methoxy groups -OCH3 is 1. The molecular weight excluding hydrogens is 423 g/mol. The highest BCUT2D eigenvalue weighted by Gasteiger charge is 2.37. The topological polar surface area (TPSA) is 84.9 Å². The molecule has 0 bridgehead atoms. The molecule has 0 aliphatic rings. The Morgan fingerprint density at radius 3 is 2.33 bits per heavy atom. The van der Waals surface area contributed by atoms with Crippen molar-refractivity contribution in [2.75, 3.05) is 20.7 Å². The van der Waals surface area contributed by atoms with Gasteiger partial charge in [0, 0.05) is 23.6 Å². The molecule has 1 rings (SSSR count). The molecule has 1 aromatic carbocycles. The van der Waals surface area contributed by atoms with Crippen LogP contribution in [0.15, 0.2) is 22.7 Å². The summed E-state index contributed by atoms with van der Waals surface area (Å²) in [5.74, 6) is -2.58. The van der Waals surface area contributed by atoms with E-state index in [-0.39, 0.29) is 12.1 Å². The first-order valence-electron chi connectivity index (χ1n) is 8.09. The van der Waals surface area contributed by atoms with Gasteiger partial charge in [0.2, 0.25) is 0 Å². The van der Waals surface area contributed by atoms with Crippen LogP contribution in [0, 0.1) is 5.82 Å². The molecule has 0 heterocycles. The summed E-state index contributed by atoms with van der Waals surface area (Å²) in [5, 5.41) is 2.61. The summed E-state index contributed by atoms with van der Waals surface area (Å²) in [6, 6.07) is 4.23. The van der Waals surface area contributed by atoms with E-state index in [1.807, 2.05) is 0 Å². The summed E-state index contributed by atoms with van der Waals surface area (Å²) >= 11 is 3.27. The fourth-order valence-corrected chi connectivity index (χ4v) is 2.79. The molecule has 0 saturated carbocycles. The monoisotopic (exact) mass is 446 g/mol. The zero-order chi connectivity index (χ0) is 21.0. The number of hydrogen-bond acceptors (Lipinski definition) is 5. The number of esters is 1. The van der Waals surface area contributed by atoms with Crippen molar-refractivity contribution < 1.29 is 28.2 Å². The van der Waals surface area contributed by atoms with Crippen molar-refractivity contribution in [1.29, 1.82) is 0 Å². The predicted molar refractivity (Wildman–Crippen MR) is 100 cm³/mol. The summed E-state index contributed by atoms with van der Waals surface area (Å²) in [6.07, 6.45) is -0.789. The van der Waals surface area contributed by atoms with Crippen molar-refractivity contribution in [3.05, 3.63) is 34.1 Å². The molecule has 0 spiro atoms. The van der Waals surface area contributed by atoms with Gasteiger partial charge in [0.1, 0.15) is 11.4 Å². The summed E-state index contributed by atoms with van der Waals surface area (Å²) in [5.41, 5.74) is -2.03. The number of ether oxygens (including phenoxy) is 2. The number of alkyl carbamates (subject to hydrolysis) is 1. The van der Waals surface area contributed by atoms with E-state index >= 15 is 0 Å². The number of nitrogens with one attached hydrogen (secondary N) is 1. The SMILES string of the molecule is COC(=O)C(=O)N(C)CC(C)(NC(=O)OC(C)(C)C)c1cc(Br)ccc1F. The molecule has 0 aliphatic carbocycles. The molecule has 27 heavy (non-hydrogen) atoms. The van der Waals surface area contributed by atoms with Gasteiger partial charge in [-0.25, -0.2) is 14.0 Å². The van der Waals surface area contributed by atoms with Gasteiger partial charge in [-0.1, -0.05) is 15.9 Å². The van der Waals surface area contributed by atoms with Crippen LogP contribution in [0.5, 0.6) is 0 Å². The second-order valence-electron chi connectivity index (χ2n) is 7.24. The molecule has 7 nitrogen and oxygen atoms in total. The first-order chi connectivity index (χ1) is 12.3. The molecule has 0 fully saturated rings. The van der Waals surface area contributed by atoms with Gasteiger partial charge < -0.3 is 19.7 Å². The predicted octanol–water partition coefficient (Wildman–Crippen LogP) is 2.96. The van der Waals surface area contributed by atoms with Gasteiger partial charge in [-0.2, -0.15) is 0 Å². The Balaban J connectivity index is 3.27. The molecule has 9 heteroatoms. The normalized spacial score (nSPS) is 13.3. The van der Waals surface area contributed by atoms with E-state index in [0.717, 1.165) is 12.0 Å². The van der Waals surface area contributed by atoms with Gasteiger partial charge in [0.25, 0.3) is 0 Å². The number of likely N-dealkylation sites (N-methyl/N-ethyl adjacent to an activating group) is 1. The maximum Gasteiger partial charge on any atom is 0.408 e. The average molecular weight is 447 g/mol. The van der Waals surface area contributed by atoms with Gasteiger partial charge in [0.05, 0.1) is 12.6 Å². The van der Waals surface area contributed by atoms with Crippen LogP contribution in [-0.2, 0) is 24.6 Å². The number of rotatable bonds is 4. The zero-order valence-corrected chi connectivity index (χ0v) is 17.8. The van der Waals surface area contributed by atoms with Crippen LogP contribution < -0.4 is 5.32 Å². The molecule has 150 valence electrons. The first-order valence-corrected chi connectivity index (χ1v) is 8.88. The number of carbonyl (C=O) groups excluding carboxylic acids is 3. The number of halogens is 2. The van der Waals surface area contributed by atoms with E-state index < -0.39 is 34.9 Å². The summed E-state index contributed by atoms with van der Waals surface area (Å²) in [6.45, 7) is 6.40. The number of amides is 2. The number of benzene rings is 1. The van der Waals surface area contributed by atoms with E-state index in [4.69, 9.17) is 4.74 Å². The van der Waals surface area contributed by atoms with E-state index in [1.54, 1.807) is 20.8 Å². The molecular formula is C18H24BrFN2O5. The highest BCUT2D eigenvalue weighted by Crippen LogP contribution is 2.28. The average Bonchev–Trinajstić information content (AvgIpc) is 2.53. The van der Waals surface area contributed by atoms with Crippen molar-refractivity contribution in [3.8, 4) is 0 Å². The van der Waals surface area contributed by atoms with E-state index in [9.17, 15) is 18.8 Å². The van der Waals surface area contributed by atoms with Crippen LogP contribution in [0.4, 0.5) is 9.18 Å². The summed E-state index contributed by atoms with van der Waals surface area (Å²) in [4.78, 5) is 36.9. The molecule has 1 atom stereocenters.